The molecule has 0 atom stereocenters. The summed E-state index contributed by atoms with van der Waals surface area (Å²) in [6.45, 7) is 4.43. The quantitative estimate of drug-likeness (QED) is 0.354. The van der Waals surface area contributed by atoms with Crippen LogP contribution in [0.4, 0.5) is 0 Å². The third-order valence-electron chi connectivity index (χ3n) is 4.20. The number of ether oxygens (including phenoxy) is 3. The Balaban J connectivity index is 2.40. The molecule has 0 saturated heterocycles. The minimum absolute atomic E-state index is 0.0384. The summed E-state index contributed by atoms with van der Waals surface area (Å²) < 4.78 is 16.3. The van der Waals surface area contributed by atoms with E-state index < -0.39 is 0 Å². The topological polar surface area (TPSA) is 68.6 Å². The van der Waals surface area contributed by atoms with Crippen molar-refractivity contribution in [2.45, 2.75) is 26.7 Å². The summed E-state index contributed by atoms with van der Waals surface area (Å²) in [5.74, 6) is 1.11. The first kappa shape index (κ1) is 21.0. The monoisotopic (exact) mass is 379 g/mol. The van der Waals surface area contributed by atoms with Gasteiger partial charge < -0.3 is 14.2 Å². The predicted molar refractivity (Wildman–Crippen MR) is 109 cm³/mol. The second kappa shape index (κ2) is 10.2. The Morgan fingerprint density at radius 3 is 2.14 bits per heavy atom. The zero-order valence-electron chi connectivity index (χ0n) is 16.7. The molecule has 0 heterocycles. The zero-order chi connectivity index (χ0) is 20.5. The molecule has 28 heavy (non-hydrogen) atoms. The summed E-state index contributed by atoms with van der Waals surface area (Å²) in [5, 5.41) is 9.52. The van der Waals surface area contributed by atoms with E-state index in [0.29, 0.717) is 35.0 Å². The molecule has 2 aromatic carbocycles. The number of allylic oxidation sites excluding steroid dienone is 1. The lowest BCUT2D eigenvalue weighted by atomic mass is 9.99. The highest BCUT2D eigenvalue weighted by Gasteiger charge is 2.16. The highest BCUT2D eigenvalue weighted by molar-refractivity contribution is 6.14. The SMILES string of the molecule is CCCc1ccc(C(=O)/C(C#N)=C\c2cc(OC)c(OCC)c(OC)c2)cc1. The molecular formula is C23H25NO4. The first-order valence-electron chi connectivity index (χ1n) is 9.22. The standard InChI is InChI=1S/C23H25NO4/c1-5-7-16-8-10-18(11-9-16)22(25)19(15-24)12-17-13-20(26-3)23(28-6-2)21(14-17)27-4/h8-14H,5-7H2,1-4H3/b19-12-. The number of hydrogen-bond donors (Lipinski definition) is 0. The summed E-state index contributed by atoms with van der Waals surface area (Å²) >= 11 is 0. The van der Waals surface area contributed by atoms with Crippen molar-refractivity contribution in [1.29, 1.82) is 5.26 Å². The van der Waals surface area contributed by atoms with Crippen molar-refractivity contribution in [3.05, 3.63) is 58.7 Å². The normalized spacial score (nSPS) is 10.9. The van der Waals surface area contributed by atoms with Gasteiger partial charge in [0.15, 0.2) is 11.5 Å². The van der Waals surface area contributed by atoms with E-state index in [9.17, 15) is 10.1 Å². The van der Waals surface area contributed by atoms with Crippen LogP contribution < -0.4 is 14.2 Å². The van der Waals surface area contributed by atoms with Gasteiger partial charge in [0.05, 0.1) is 20.8 Å². The van der Waals surface area contributed by atoms with Gasteiger partial charge in [-0.1, -0.05) is 37.6 Å². The fourth-order valence-electron chi connectivity index (χ4n) is 2.85. The highest BCUT2D eigenvalue weighted by Crippen LogP contribution is 2.39. The number of rotatable bonds is 9. The van der Waals surface area contributed by atoms with Gasteiger partial charge in [0, 0.05) is 5.56 Å². The van der Waals surface area contributed by atoms with Crippen molar-refractivity contribution < 1.29 is 19.0 Å². The molecule has 0 unspecified atom stereocenters. The van der Waals surface area contributed by atoms with E-state index in [2.05, 4.69) is 6.92 Å². The van der Waals surface area contributed by atoms with Crippen molar-refractivity contribution in [3.63, 3.8) is 0 Å². The van der Waals surface area contributed by atoms with E-state index in [4.69, 9.17) is 14.2 Å². The summed E-state index contributed by atoms with van der Waals surface area (Å²) in [6.07, 6.45) is 3.53. The van der Waals surface area contributed by atoms with Crippen LogP contribution in [0.15, 0.2) is 42.0 Å². The molecular weight excluding hydrogens is 354 g/mol. The lowest BCUT2D eigenvalue weighted by molar-refractivity contribution is 0.104. The summed E-state index contributed by atoms with van der Waals surface area (Å²) in [6, 6.07) is 12.8. The largest absolute Gasteiger partial charge is 0.493 e. The van der Waals surface area contributed by atoms with Crippen LogP contribution in [0.1, 0.15) is 41.8 Å². The minimum atomic E-state index is -0.322. The highest BCUT2D eigenvalue weighted by atomic mass is 16.5. The van der Waals surface area contributed by atoms with Crippen LogP contribution in [0.2, 0.25) is 0 Å². The van der Waals surface area contributed by atoms with Gasteiger partial charge in [-0.2, -0.15) is 5.26 Å². The number of nitriles is 1. The van der Waals surface area contributed by atoms with E-state index in [1.807, 2.05) is 25.1 Å². The molecule has 0 aliphatic heterocycles. The van der Waals surface area contributed by atoms with Crippen molar-refractivity contribution in [2.75, 3.05) is 20.8 Å². The smallest absolute Gasteiger partial charge is 0.203 e. The van der Waals surface area contributed by atoms with Crippen molar-refractivity contribution in [2.24, 2.45) is 0 Å². The van der Waals surface area contributed by atoms with Gasteiger partial charge in [0.1, 0.15) is 11.6 Å². The van der Waals surface area contributed by atoms with Gasteiger partial charge in [0.25, 0.3) is 0 Å². The fourth-order valence-corrected chi connectivity index (χ4v) is 2.85. The number of benzene rings is 2. The maximum Gasteiger partial charge on any atom is 0.203 e. The van der Waals surface area contributed by atoms with Crippen LogP contribution in [-0.2, 0) is 6.42 Å². The van der Waals surface area contributed by atoms with Crippen LogP contribution in [0, 0.1) is 11.3 Å². The first-order chi connectivity index (χ1) is 13.6. The Hall–Kier alpha value is -3.26. The molecule has 0 aliphatic carbocycles. The Labute approximate surface area is 166 Å². The van der Waals surface area contributed by atoms with Gasteiger partial charge >= 0.3 is 0 Å². The number of aryl methyl sites for hydroxylation is 1. The number of carbonyl (C=O) groups is 1. The van der Waals surface area contributed by atoms with E-state index in [-0.39, 0.29) is 11.4 Å². The second-order valence-electron chi connectivity index (χ2n) is 6.13. The van der Waals surface area contributed by atoms with Gasteiger partial charge in [0.2, 0.25) is 11.5 Å². The lowest BCUT2D eigenvalue weighted by Crippen LogP contribution is -2.03. The summed E-state index contributed by atoms with van der Waals surface area (Å²) in [7, 11) is 3.05. The number of hydrogen-bond acceptors (Lipinski definition) is 5. The van der Waals surface area contributed by atoms with Crippen LogP contribution in [0.5, 0.6) is 17.2 Å². The molecule has 0 N–H and O–H groups in total. The molecule has 5 nitrogen and oxygen atoms in total. The number of carbonyl (C=O) groups excluding carboxylic acids is 1. The van der Waals surface area contributed by atoms with E-state index in [1.54, 1.807) is 24.3 Å². The Morgan fingerprint density at radius 2 is 1.68 bits per heavy atom. The molecule has 0 radical (unpaired) electrons. The van der Waals surface area contributed by atoms with Crippen molar-refractivity contribution in [3.8, 4) is 23.3 Å². The number of ketones is 1. The molecule has 0 spiro atoms. The molecule has 0 aromatic heterocycles. The Kier molecular flexibility index (Phi) is 7.65. The summed E-state index contributed by atoms with van der Waals surface area (Å²) in [5.41, 5.74) is 2.31. The predicted octanol–water partition coefficient (Wildman–Crippen LogP) is 4.84. The molecule has 2 aromatic rings. The van der Waals surface area contributed by atoms with E-state index in [0.717, 1.165) is 12.8 Å². The molecule has 0 bridgehead atoms. The van der Waals surface area contributed by atoms with Gasteiger partial charge in [-0.15, -0.1) is 0 Å². The van der Waals surface area contributed by atoms with Gasteiger partial charge in [-0.25, -0.2) is 0 Å². The number of nitrogens with zero attached hydrogens (tertiary/aromatic N) is 1. The van der Waals surface area contributed by atoms with Crippen LogP contribution in [0.25, 0.3) is 6.08 Å². The number of methoxy groups -OCH3 is 2. The maximum absolute atomic E-state index is 12.7. The van der Waals surface area contributed by atoms with Crippen molar-refractivity contribution >= 4 is 11.9 Å². The minimum Gasteiger partial charge on any atom is -0.493 e. The third kappa shape index (κ3) is 4.92. The Morgan fingerprint density at radius 1 is 1.07 bits per heavy atom. The molecule has 0 fully saturated rings. The molecule has 0 aliphatic rings. The van der Waals surface area contributed by atoms with E-state index in [1.165, 1.54) is 25.9 Å². The zero-order valence-corrected chi connectivity index (χ0v) is 16.7. The maximum atomic E-state index is 12.7. The summed E-state index contributed by atoms with van der Waals surface area (Å²) in [4.78, 5) is 12.7. The fraction of sp³-hybridized carbons (Fsp3) is 0.304. The molecule has 2 rings (SSSR count). The van der Waals surface area contributed by atoms with Crippen LogP contribution >= 0.6 is 0 Å². The van der Waals surface area contributed by atoms with Crippen LogP contribution in [-0.4, -0.2) is 26.6 Å². The molecule has 146 valence electrons. The van der Waals surface area contributed by atoms with E-state index >= 15 is 0 Å². The molecule has 0 amide bonds. The first-order valence-corrected chi connectivity index (χ1v) is 9.22. The van der Waals surface area contributed by atoms with Gasteiger partial charge in [-0.05, 0) is 42.7 Å². The van der Waals surface area contributed by atoms with Crippen LogP contribution in [0.3, 0.4) is 0 Å². The second-order valence-corrected chi connectivity index (χ2v) is 6.13. The molecule has 5 heteroatoms. The lowest BCUT2D eigenvalue weighted by Gasteiger charge is -2.14. The Bertz CT molecular complexity index is 867. The van der Waals surface area contributed by atoms with Crippen molar-refractivity contribution in [1.82, 2.24) is 0 Å². The number of Topliss-reactive ketones (excluding diaryl/α,β-unsaturated/α-hetero) is 1. The van der Waals surface area contributed by atoms with Gasteiger partial charge in [-0.3, -0.25) is 4.79 Å². The molecule has 0 saturated carbocycles. The third-order valence-corrected chi connectivity index (χ3v) is 4.20. The average Bonchev–Trinajstić information content (AvgIpc) is 2.73. The average molecular weight is 379 g/mol.